The van der Waals surface area contributed by atoms with Crippen molar-refractivity contribution in [2.45, 2.75) is 34.2 Å². The zero-order valence-corrected chi connectivity index (χ0v) is 15.7. The maximum atomic E-state index is 12.2. The number of nitrogens with zero attached hydrogens (tertiary/aromatic N) is 2. The van der Waals surface area contributed by atoms with Crippen molar-refractivity contribution in [2.24, 2.45) is 5.41 Å². The standard InChI is InChI=1S/C15H15Cl2N3OS2/c1-9(10-6-4-3-5-7-10)22-13-20-19-12(23-13)18-11(21)14(2)8-15(14,16)17/h3-7,9H,8H2,1-2H3,(H,18,19,21)/t9-,14-/m0/s1. The van der Waals surface area contributed by atoms with E-state index in [1.807, 2.05) is 18.2 Å². The van der Waals surface area contributed by atoms with Gasteiger partial charge in [-0.25, -0.2) is 0 Å². The minimum atomic E-state index is -0.985. The van der Waals surface area contributed by atoms with E-state index in [4.69, 9.17) is 23.2 Å². The number of nitrogens with one attached hydrogen (secondary N) is 1. The summed E-state index contributed by atoms with van der Waals surface area (Å²) in [7, 11) is 0. The highest BCUT2D eigenvalue weighted by molar-refractivity contribution is 8.01. The van der Waals surface area contributed by atoms with Crippen molar-refractivity contribution in [3.63, 3.8) is 0 Å². The third-order valence-corrected chi connectivity index (χ3v) is 7.11. The van der Waals surface area contributed by atoms with E-state index in [-0.39, 0.29) is 11.2 Å². The van der Waals surface area contributed by atoms with Gasteiger partial charge >= 0.3 is 0 Å². The lowest BCUT2D eigenvalue weighted by Gasteiger charge is -2.10. The molecule has 0 radical (unpaired) electrons. The molecule has 0 spiro atoms. The topological polar surface area (TPSA) is 54.9 Å². The highest BCUT2D eigenvalue weighted by Gasteiger charge is 2.68. The van der Waals surface area contributed by atoms with Crippen molar-refractivity contribution < 1.29 is 4.79 Å². The Balaban J connectivity index is 1.62. The van der Waals surface area contributed by atoms with Crippen LogP contribution in [0, 0.1) is 5.41 Å². The number of anilines is 1. The van der Waals surface area contributed by atoms with Gasteiger partial charge in [0.15, 0.2) is 4.34 Å². The predicted molar refractivity (Wildman–Crippen MR) is 96.4 cm³/mol. The minimum Gasteiger partial charge on any atom is -0.300 e. The summed E-state index contributed by atoms with van der Waals surface area (Å²) in [5.74, 6) is -0.216. The van der Waals surface area contributed by atoms with Crippen LogP contribution in [0.2, 0.25) is 0 Å². The molecule has 0 aliphatic heterocycles. The lowest BCUT2D eigenvalue weighted by Crippen LogP contribution is -2.25. The molecule has 1 aromatic carbocycles. The van der Waals surface area contributed by atoms with E-state index >= 15 is 0 Å². The minimum absolute atomic E-state index is 0.216. The number of halogens is 2. The number of carbonyl (C=O) groups excluding carboxylic acids is 1. The van der Waals surface area contributed by atoms with Gasteiger partial charge in [-0.15, -0.1) is 33.4 Å². The van der Waals surface area contributed by atoms with Gasteiger partial charge in [0.25, 0.3) is 0 Å². The summed E-state index contributed by atoms with van der Waals surface area (Å²) in [6.07, 6.45) is 0.445. The molecule has 4 nitrogen and oxygen atoms in total. The number of thioether (sulfide) groups is 1. The van der Waals surface area contributed by atoms with E-state index in [1.165, 1.54) is 16.9 Å². The predicted octanol–water partition coefficient (Wildman–Crippen LogP) is 4.91. The van der Waals surface area contributed by atoms with E-state index in [0.29, 0.717) is 11.6 Å². The number of alkyl halides is 2. The van der Waals surface area contributed by atoms with E-state index in [1.54, 1.807) is 18.7 Å². The van der Waals surface area contributed by atoms with E-state index in [0.717, 1.165) is 4.34 Å². The number of hydrogen-bond donors (Lipinski definition) is 1. The second-order valence-electron chi connectivity index (χ2n) is 5.71. The first-order valence-electron chi connectivity index (χ1n) is 7.06. The smallest absolute Gasteiger partial charge is 0.235 e. The second kappa shape index (κ2) is 6.24. The molecule has 1 saturated carbocycles. The van der Waals surface area contributed by atoms with Gasteiger partial charge in [0.1, 0.15) is 4.33 Å². The summed E-state index contributed by atoms with van der Waals surface area (Å²) in [5.41, 5.74) is 0.463. The number of hydrogen-bond acceptors (Lipinski definition) is 5. The van der Waals surface area contributed by atoms with Gasteiger partial charge in [0.2, 0.25) is 11.0 Å². The first kappa shape index (κ1) is 17.0. The first-order valence-corrected chi connectivity index (χ1v) is 9.51. The Kier molecular flexibility index (Phi) is 4.62. The molecule has 1 aliphatic rings. The molecule has 0 unspecified atom stereocenters. The summed E-state index contributed by atoms with van der Waals surface area (Å²) < 4.78 is -0.179. The summed E-state index contributed by atoms with van der Waals surface area (Å²) in [4.78, 5) is 12.2. The molecule has 3 rings (SSSR count). The summed E-state index contributed by atoms with van der Waals surface area (Å²) in [5, 5.41) is 11.6. The molecule has 0 bridgehead atoms. The Morgan fingerprint density at radius 1 is 1.35 bits per heavy atom. The fourth-order valence-electron chi connectivity index (χ4n) is 2.13. The van der Waals surface area contributed by atoms with Crippen molar-refractivity contribution in [2.75, 3.05) is 5.32 Å². The Morgan fingerprint density at radius 3 is 2.61 bits per heavy atom. The van der Waals surface area contributed by atoms with Crippen LogP contribution in [0.1, 0.15) is 31.1 Å². The molecule has 8 heteroatoms. The normalized spacial score (nSPS) is 23.3. The molecule has 122 valence electrons. The quantitative estimate of drug-likeness (QED) is 0.449. The molecule has 1 aliphatic carbocycles. The average Bonchev–Trinajstić information content (AvgIpc) is 2.84. The molecule has 1 aromatic heterocycles. The van der Waals surface area contributed by atoms with E-state index < -0.39 is 9.75 Å². The summed E-state index contributed by atoms with van der Waals surface area (Å²) >= 11 is 15.0. The zero-order valence-electron chi connectivity index (χ0n) is 12.5. The van der Waals surface area contributed by atoms with Crippen LogP contribution >= 0.6 is 46.3 Å². The molecule has 23 heavy (non-hydrogen) atoms. The largest absolute Gasteiger partial charge is 0.300 e. The Morgan fingerprint density at radius 2 is 2.00 bits per heavy atom. The molecule has 2 atom stereocenters. The molecule has 0 saturated heterocycles. The van der Waals surface area contributed by atoms with Gasteiger partial charge in [0.05, 0.1) is 5.41 Å². The van der Waals surface area contributed by atoms with Gasteiger partial charge in [0, 0.05) is 5.25 Å². The number of amides is 1. The zero-order chi connectivity index (χ0) is 16.7. The molecule has 2 aromatic rings. The molecular weight excluding hydrogens is 373 g/mol. The maximum absolute atomic E-state index is 12.2. The van der Waals surface area contributed by atoms with Gasteiger partial charge < -0.3 is 0 Å². The van der Waals surface area contributed by atoms with E-state index in [2.05, 4.69) is 34.6 Å². The maximum Gasteiger partial charge on any atom is 0.235 e. The SMILES string of the molecule is C[C@H](Sc1nnc(NC(=O)[C@]2(C)CC2(Cl)Cl)s1)c1ccccc1. The van der Waals surface area contributed by atoms with Crippen LogP contribution in [0.15, 0.2) is 34.7 Å². The van der Waals surface area contributed by atoms with E-state index in [9.17, 15) is 4.79 Å². The third-order valence-electron chi connectivity index (χ3n) is 3.93. The lowest BCUT2D eigenvalue weighted by molar-refractivity contribution is -0.120. The summed E-state index contributed by atoms with van der Waals surface area (Å²) in [6, 6.07) is 10.2. The number of rotatable bonds is 5. The van der Waals surface area contributed by atoms with Crippen LogP contribution in [0.25, 0.3) is 0 Å². The highest BCUT2D eigenvalue weighted by Crippen LogP contribution is 2.64. The van der Waals surface area contributed by atoms with Gasteiger partial charge in [-0.2, -0.15) is 0 Å². The second-order valence-corrected chi connectivity index (χ2v) is 9.76. The highest BCUT2D eigenvalue weighted by atomic mass is 35.5. The monoisotopic (exact) mass is 387 g/mol. The van der Waals surface area contributed by atoms with Crippen LogP contribution < -0.4 is 5.32 Å². The van der Waals surface area contributed by atoms with Crippen LogP contribution in [0.5, 0.6) is 0 Å². The van der Waals surface area contributed by atoms with Gasteiger partial charge in [-0.3, -0.25) is 10.1 Å². The molecule has 1 N–H and O–H groups in total. The van der Waals surface area contributed by atoms with Crippen LogP contribution in [-0.4, -0.2) is 20.4 Å². The van der Waals surface area contributed by atoms with Crippen molar-refractivity contribution in [3.05, 3.63) is 35.9 Å². The van der Waals surface area contributed by atoms with Gasteiger partial charge in [-0.05, 0) is 25.8 Å². The van der Waals surface area contributed by atoms with Crippen LogP contribution in [0.3, 0.4) is 0 Å². The molecule has 1 heterocycles. The van der Waals surface area contributed by atoms with Crippen molar-refractivity contribution in [3.8, 4) is 0 Å². The Labute approximate surface area is 153 Å². The molecule has 1 fully saturated rings. The number of benzene rings is 1. The van der Waals surface area contributed by atoms with Gasteiger partial charge in [-0.1, -0.05) is 53.4 Å². The average molecular weight is 388 g/mol. The number of carbonyl (C=O) groups is 1. The first-order chi connectivity index (χ1) is 10.8. The lowest BCUT2D eigenvalue weighted by atomic mass is 10.1. The molecule has 1 amide bonds. The third kappa shape index (κ3) is 3.50. The number of aromatic nitrogens is 2. The van der Waals surface area contributed by atoms with Crippen molar-refractivity contribution in [1.29, 1.82) is 0 Å². The molecular formula is C15H15Cl2N3OS2. The van der Waals surface area contributed by atoms with Crippen LogP contribution in [-0.2, 0) is 4.79 Å². The Bertz CT molecular complexity index is 723. The summed E-state index contributed by atoms with van der Waals surface area (Å²) in [6.45, 7) is 3.86. The van der Waals surface area contributed by atoms with Crippen molar-refractivity contribution >= 4 is 57.3 Å². The fourth-order valence-corrected chi connectivity index (χ4v) is 4.86. The van der Waals surface area contributed by atoms with Crippen molar-refractivity contribution in [1.82, 2.24) is 10.2 Å². The fraction of sp³-hybridized carbons (Fsp3) is 0.400. The van der Waals surface area contributed by atoms with Crippen LogP contribution in [0.4, 0.5) is 5.13 Å². The Hall–Kier alpha value is -0.820.